The normalized spacial score (nSPS) is 15.4. The van der Waals surface area contributed by atoms with Crippen LogP contribution in [0.25, 0.3) is 17.2 Å². The molecule has 1 fully saturated rings. The summed E-state index contributed by atoms with van der Waals surface area (Å²) in [4.78, 5) is 12.7. The fraction of sp³-hybridized carbons (Fsp3) is 0.217. The lowest BCUT2D eigenvalue weighted by Crippen LogP contribution is -2.26. The molecule has 0 aromatic carbocycles. The Bertz CT molecular complexity index is 1200. The van der Waals surface area contributed by atoms with E-state index in [0.29, 0.717) is 17.2 Å². The molecule has 0 saturated heterocycles. The largest absolute Gasteiger partial charge is 0.250 e. The van der Waals surface area contributed by atoms with E-state index in [1.165, 1.54) is 12.1 Å². The Morgan fingerprint density at radius 1 is 0.700 bits per heavy atom. The van der Waals surface area contributed by atoms with Gasteiger partial charge in [0.25, 0.3) is 0 Å². The van der Waals surface area contributed by atoms with Crippen LogP contribution in [0.2, 0.25) is 0 Å². The SMILES string of the molecule is Fc1cccc(-c2cccc(C3(c4ccn(-c5cccc(F)n5)n4)CCCC3)n2)n1. The van der Waals surface area contributed by atoms with Crippen LogP contribution in [0.3, 0.4) is 0 Å². The van der Waals surface area contributed by atoms with E-state index in [-0.39, 0.29) is 5.41 Å². The minimum Gasteiger partial charge on any atom is -0.250 e. The van der Waals surface area contributed by atoms with Crippen molar-refractivity contribution >= 4 is 0 Å². The summed E-state index contributed by atoms with van der Waals surface area (Å²) >= 11 is 0. The van der Waals surface area contributed by atoms with E-state index in [1.807, 2.05) is 24.3 Å². The maximum Gasteiger partial charge on any atom is 0.214 e. The second-order valence-electron chi connectivity index (χ2n) is 7.51. The van der Waals surface area contributed by atoms with Gasteiger partial charge in [-0.05, 0) is 55.3 Å². The maximum absolute atomic E-state index is 13.6. The lowest BCUT2D eigenvalue weighted by molar-refractivity contribution is 0.496. The number of halogens is 2. The van der Waals surface area contributed by atoms with Crippen LogP contribution in [0.5, 0.6) is 0 Å². The minimum atomic E-state index is -0.544. The molecule has 4 heterocycles. The molecule has 1 aliphatic rings. The molecule has 1 aliphatic carbocycles. The van der Waals surface area contributed by atoms with E-state index in [2.05, 4.69) is 9.97 Å². The third-order valence-corrected chi connectivity index (χ3v) is 5.69. The third kappa shape index (κ3) is 3.26. The Morgan fingerprint density at radius 2 is 1.37 bits per heavy atom. The van der Waals surface area contributed by atoms with E-state index in [4.69, 9.17) is 10.1 Å². The number of nitrogens with zero attached hydrogens (tertiary/aromatic N) is 5. The highest BCUT2D eigenvalue weighted by Gasteiger charge is 2.41. The first-order chi connectivity index (χ1) is 14.6. The van der Waals surface area contributed by atoms with Crippen molar-refractivity contribution < 1.29 is 8.78 Å². The van der Waals surface area contributed by atoms with Gasteiger partial charge in [-0.3, -0.25) is 4.98 Å². The molecule has 150 valence electrons. The number of aromatic nitrogens is 5. The lowest BCUT2D eigenvalue weighted by Gasteiger charge is -2.27. The summed E-state index contributed by atoms with van der Waals surface area (Å²) in [5.41, 5.74) is 2.55. The van der Waals surface area contributed by atoms with Crippen molar-refractivity contribution in [1.29, 1.82) is 0 Å². The molecule has 0 N–H and O–H groups in total. The molecule has 0 atom stereocenters. The van der Waals surface area contributed by atoms with E-state index < -0.39 is 11.9 Å². The van der Waals surface area contributed by atoms with E-state index in [1.54, 1.807) is 35.1 Å². The molecule has 0 radical (unpaired) electrons. The number of rotatable bonds is 4. The van der Waals surface area contributed by atoms with Crippen LogP contribution in [-0.2, 0) is 5.41 Å². The zero-order chi connectivity index (χ0) is 20.6. The summed E-state index contributed by atoms with van der Waals surface area (Å²) in [6.45, 7) is 0. The first-order valence-electron chi connectivity index (χ1n) is 9.94. The molecular formula is C23H19F2N5. The lowest BCUT2D eigenvalue weighted by atomic mass is 9.79. The molecule has 4 aromatic heterocycles. The van der Waals surface area contributed by atoms with Gasteiger partial charge in [0, 0.05) is 6.20 Å². The van der Waals surface area contributed by atoms with Crippen molar-refractivity contribution in [3.8, 4) is 17.2 Å². The van der Waals surface area contributed by atoms with Gasteiger partial charge in [0.15, 0.2) is 5.82 Å². The summed E-state index contributed by atoms with van der Waals surface area (Å²) in [6.07, 6.45) is 5.75. The average Bonchev–Trinajstić information content (AvgIpc) is 3.45. The van der Waals surface area contributed by atoms with E-state index >= 15 is 0 Å². The fourth-order valence-corrected chi connectivity index (χ4v) is 4.25. The first-order valence-corrected chi connectivity index (χ1v) is 9.94. The molecule has 5 nitrogen and oxygen atoms in total. The maximum atomic E-state index is 13.6. The Morgan fingerprint density at radius 3 is 2.10 bits per heavy atom. The molecule has 4 aromatic rings. The van der Waals surface area contributed by atoms with Gasteiger partial charge in [-0.15, -0.1) is 0 Å². The predicted octanol–water partition coefficient (Wildman–Crippen LogP) is 4.86. The fourth-order valence-electron chi connectivity index (χ4n) is 4.25. The second-order valence-corrected chi connectivity index (χ2v) is 7.51. The molecule has 30 heavy (non-hydrogen) atoms. The highest BCUT2D eigenvalue weighted by atomic mass is 19.1. The third-order valence-electron chi connectivity index (χ3n) is 5.69. The standard InChI is InChI=1S/C23H19F2N5/c24-20-9-4-7-17(27-20)16-6-3-8-18(26-16)23(13-1-2-14-23)19-12-15-30(29-19)22-11-5-10-21(25)28-22/h3-12,15H,1-2,13-14H2. The zero-order valence-corrected chi connectivity index (χ0v) is 16.2. The van der Waals surface area contributed by atoms with Crippen molar-refractivity contribution in [2.75, 3.05) is 0 Å². The van der Waals surface area contributed by atoms with Crippen LogP contribution in [-0.4, -0.2) is 24.7 Å². The summed E-state index contributed by atoms with van der Waals surface area (Å²) < 4.78 is 28.7. The Balaban J connectivity index is 1.57. The molecule has 0 amide bonds. The Kier molecular flexibility index (Phi) is 4.58. The molecule has 0 unspecified atom stereocenters. The Labute approximate surface area is 172 Å². The van der Waals surface area contributed by atoms with Gasteiger partial charge in [0.05, 0.1) is 28.2 Å². The highest BCUT2D eigenvalue weighted by Crippen LogP contribution is 2.45. The van der Waals surface area contributed by atoms with Gasteiger partial charge >= 0.3 is 0 Å². The van der Waals surface area contributed by atoms with Crippen molar-refractivity contribution in [2.24, 2.45) is 0 Å². The molecule has 0 bridgehead atoms. The van der Waals surface area contributed by atoms with E-state index in [0.717, 1.165) is 37.1 Å². The van der Waals surface area contributed by atoms with Crippen molar-refractivity contribution in [3.05, 3.63) is 90.1 Å². The average molecular weight is 403 g/mol. The zero-order valence-electron chi connectivity index (χ0n) is 16.2. The van der Waals surface area contributed by atoms with Crippen LogP contribution in [0, 0.1) is 11.9 Å². The van der Waals surface area contributed by atoms with Gasteiger partial charge < -0.3 is 0 Å². The second kappa shape index (κ2) is 7.40. The van der Waals surface area contributed by atoms with Gasteiger partial charge in [0.2, 0.25) is 11.9 Å². The quantitative estimate of drug-likeness (QED) is 0.457. The summed E-state index contributed by atoms with van der Waals surface area (Å²) in [7, 11) is 0. The number of pyridine rings is 3. The summed E-state index contributed by atoms with van der Waals surface area (Å²) in [5.74, 6) is -0.645. The first kappa shape index (κ1) is 18.5. The smallest absolute Gasteiger partial charge is 0.214 e. The van der Waals surface area contributed by atoms with Gasteiger partial charge in [0.1, 0.15) is 0 Å². The molecule has 7 heteroatoms. The molecule has 1 saturated carbocycles. The van der Waals surface area contributed by atoms with Crippen molar-refractivity contribution in [1.82, 2.24) is 24.7 Å². The van der Waals surface area contributed by atoms with Crippen LogP contribution >= 0.6 is 0 Å². The minimum absolute atomic E-state index is 0.345. The highest BCUT2D eigenvalue weighted by molar-refractivity contribution is 5.54. The van der Waals surface area contributed by atoms with Gasteiger partial charge in [-0.1, -0.05) is 31.0 Å². The molecule has 5 rings (SSSR count). The van der Waals surface area contributed by atoms with Crippen LogP contribution in [0.15, 0.2) is 66.9 Å². The number of hydrogen-bond donors (Lipinski definition) is 0. The van der Waals surface area contributed by atoms with Gasteiger partial charge in [-0.25, -0.2) is 14.6 Å². The Hall–Kier alpha value is -3.48. The monoisotopic (exact) mass is 403 g/mol. The van der Waals surface area contributed by atoms with Crippen LogP contribution in [0.4, 0.5) is 8.78 Å². The predicted molar refractivity (Wildman–Crippen MR) is 108 cm³/mol. The molecule has 0 aliphatic heterocycles. The topological polar surface area (TPSA) is 56.5 Å². The van der Waals surface area contributed by atoms with E-state index in [9.17, 15) is 8.78 Å². The summed E-state index contributed by atoms with van der Waals surface area (Å²) in [5, 5.41) is 4.74. The molecule has 0 spiro atoms. The van der Waals surface area contributed by atoms with Crippen LogP contribution < -0.4 is 0 Å². The molecular weight excluding hydrogens is 384 g/mol. The van der Waals surface area contributed by atoms with Crippen molar-refractivity contribution in [3.63, 3.8) is 0 Å². The van der Waals surface area contributed by atoms with Gasteiger partial charge in [-0.2, -0.15) is 13.9 Å². The van der Waals surface area contributed by atoms with Crippen LogP contribution in [0.1, 0.15) is 37.1 Å². The van der Waals surface area contributed by atoms with Crippen molar-refractivity contribution in [2.45, 2.75) is 31.1 Å². The number of hydrogen-bond acceptors (Lipinski definition) is 4. The summed E-state index contributed by atoms with van der Waals surface area (Å²) in [6, 6.07) is 17.0.